The van der Waals surface area contributed by atoms with Crippen molar-refractivity contribution in [1.82, 2.24) is 5.32 Å². The van der Waals surface area contributed by atoms with Crippen molar-refractivity contribution in [2.24, 2.45) is 0 Å². The van der Waals surface area contributed by atoms with E-state index in [0.717, 1.165) is 46.4 Å². The second kappa shape index (κ2) is 6.95. The molecule has 144 valence electrons. The second-order valence-electron chi connectivity index (χ2n) is 6.42. The summed E-state index contributed by atoms with van der Waals surface area (Å²) in [5, 5.41) is 2.08. The lowest BCUT2D eigenvalue weighted by atomic mass is 10.0. The number of nitrogens with one attached hydrogen (secondary N) is 1. The molecule has 0 atom stereocenters. The first-order chi connectivity index (χ1) is 13.1. The van der Waals surface area contributed by atoms with E-state index in [-0.39, 0.29) is 11.1 Å². The van der Waals surface area contributed by atoms with E-state index in [1.165, 1.54) is 0 Å². The maximum absolute atomic E-state index is 12.8. The lowest BCUT2D eigenvalue weighted by Crippen LogP contribution is -2.54. The molecule has 4 amide bonds. The van der Waals surface area contributed by atoms with Gasteiger partial charge in [0.2, 0.25) is 0 Å². The summed E-state index contributed by atoms with van der Waals surface area (Å²) in [6.07, 6.45) is -3.34. The van der Waals surface area contributed by atoms with Crippen LogP contribution in [0.25, 0.3) is 6.08 Å². The number of amides is 4. The molecule has 0 saturated carbocycles. The number of benzene rings is 2. The molecule has 0 aliphatic carbocycles. The van der Waals surface area contributed by atoms with E-state index in [1.54, 1.807) is 26.0 Å². The molecule has 0 spiro atoms. The van der Waals surface area contributed by atoms with E-state index in [9.17, 15) is 27.6 Å². The number of carbonyl (C=O) groups is 3. The van der Waals surface area contributed by atoms with E-state index in [4.69, 9.17) is 0 Å². The fourth-order valence-electron chi connectivity index (χ4n) is 2.91. The summed E-state index contributed by atoms with van der Waals surface area (Å²) in [6, 6.07) is 8.22. The van der Waals surface area contributed by atoms with Crippen molar-refractivity contribution >= 4 is 29.6 Å². The Morgan fingerprint density at radius 2 is 1.50 bits per heavy atom. The smallest absolute Gasteiger partial charge is 0.273 e. The van der Waals surface area contributed by atoms with E-state index in [1.807, 2.05) is 6.07 Å². The summed E-state index contributed by atoms with van der Waals surface area (Å²) in [4.78, 5) is 38.0. The Kier molecular flexibility index (Phi) is 4.80. The molecule has 8 heteroatoms. The average Bonchev–Trinajstić information content (AvgIpc) is 2.57. The molecule has 1 saturated heterocycles. The number of carbonyl (C=O) groups excluding carboxylic acids is 3. The number of nitrogens with zero attached hydrogens (tertiary/aromatic N) is 1. The summed E-state index contributed by atoms with van der Waals surface area (Å²) in [5.41, 5.74) is 0.966. The third-order valence-electron chi connectivity index (χ3n) is 4.12. The molecule has 1 aliphatic heterocycles. The van der Waals surface area contributed by atoms with Crippen molar-refractivity contribution in [2.45, 2.75) is 20.0 Å². The molecule has 0 unspecified atom stereocenters. The third-order valence-corrected chi connectivity index (χ3v) is 4.12. The molecule has 1 fully saturated rings. The number of aryl methyl sites for hydroxylation is 2. The minimum Gasteiger partial charge on any atom is -0.273 e. The number of hydrogen-bond donors (Lipinski definition) is 1. The standard InChI is InChI=1S/C20H15F3N2O3/c1-11-7-12(2)9-15(8-11)25-18(27)16(17(26)24-19(25)28)10-13-3-5-14(6-4-13)20(21,22)23/h3-10H,1-2H3,(H,24,26,28)/b16-10+. The highest BCUT2D eigenvalue weighted by atomic mass is 19.4. The van der Waals surface area contributed by atoms with Crippen LogP contribution in [0.15, 0.2) is 48.0 Å². The van der Waals surface area contributed by atoms with Gasteiger partial charge in [-0.1, -0.05) is 18.2 Å². The maximum atomic E-state index is 12.8. The minimum absolute atomic E-state index is 0.223. The molecule has 1 aliphatic rings. The number of alkyl halides is 3. The first-order valence-corrected chi connectivity index (χ1v) is 8.23. The first-order valence-electron chi connectivity index (χ1n) is 8.23. The monoisotopic (exact) mass is 388 g/mol. The number of imide groups is 2. The van der Waals surface area contributed by atoms with Gasteiger partial charge in [-0.25, -0.2) is 9.69 Å². The summed E-state index contributed by atoms with van der Waals surface area (Å²) >= 11 is 0. The molecular weight excluding hydrogens is 373 g/mol. The van der Waals surface area contributed by atoms with Crippen LogP contribution in [0.4, 0.5) is 23.7 Å². The van der Waals surface area contributed by atoms with Gasteiger partial charge in [0.05, 0.1) is 11.3 Å². The quantitative estimate of drug-likeness (QED) is 0.625. The van der Waals surface area contributed by atoms with Crippen molar-refractivity contribution in [2.75, 3.05) is 4.90 Å². The lowest BCUT2D eigenvalue weighted by molar-refractivity contribution is -0.137. The summed E-state index contributed by atoms with van der Waals surface area (Å²) < 4.78 is 38.0. The van der Waals surface area contributed by atoms with Crippen LogP contribution in [0.5, 0.6) is 0 Å². The average molecular weight is 388 g/mol. The van der Waals surface area contributed by atoms with E-state index in [0.29, 0.717) is 5.69 Å². The zero-order valence-corrected chi connectivity index (χ0v) is 14.9. The number of hydrogen-bond acceptors (Lipinski definition) is 3. The molecule has 3 rings (SSSR count). The molecule has 1 heterocycles. The Morgan fingerprint density at radius 1 is 0.929 bits per heavy atom. The van der Waals surface area contributed by atoms with Crippen LogP contribution < -0.4 is 10.2 Å². The molecule has 0 bridgehead atoms. The van der Waals surface area contributed by atoms with Gasteiger partial charge in [-0.2, -0.15) is 13.2 Å². The molecule has 28 heavy (non-hydrogen) atoms. The zero-order valence-electron chi connectivity index (χ0n) is 14.9. The van der Waals surface area contributed by atoms with Crippen LogP contribution >= 0.6 is 0 Å². The Balaban J connectivity index is 1.99. The molecule has 1 N–H and O–H groups in total. The van der Waals surface area contributed by atoms with E-state index >= 15 is 0 Å². The van der Waals surface area contributed by atoms with Crippen molar-refractivity contribution in [3.8, 4) is 0 Å². The summed E-state index contributed by atoms with van der Waals surface area (Å²) in [6.45, 7) is 3.60. The van der Waals surface area contributed by atoms with Gasteiger partial charge in [0.15, 0.2) is 0 Å². The van der Waals surface area contributed by atoms with Crippen LogP contribution in [0.1, 0.15) is 22.3 Å². The highest BCUT2D eigenvalue weighted by Gasteiger charge is 2.37. The number of barbiturate groups is 1. The molecular formula is C20H15F3N2O3. The lowest BCUT2D eigenvalue weighted by Gasteiger charge is -2.27. The Bertz CT molecular complexity index is 988. The number of rotatable bonds is 2. The normalized spacial score (nSPS) is 16.5. The van der Waals surface area contributed by atoms with Gasteiger partial charge in [-0.15, -0.1) is 0 Å². The Morgan fingerprint density at radius 3 is 2.04 bits per heavy atom. The number of halogens is 3. The highest BCUT2D eigenvalue weighted by Crippen LogP contribution is 2.30. The highest BCUT2D eigenvalue weighted by molar-refractivity contribution is 6.39. The molecule has 0 radical (unpaired) electrons. The van der Waals surface area contributed by atoms with Crippen molar-refractivity contribution in [3.05, 3.63) is 70.3 Å². The molecule has 0 aromatic heterocycles. The molecule has 5 nitrogen and oxygen atoms in total. The van der Waals surface area contributed by atoms with Crippen LogP contribution in [0.2, 0.25) is 0 Å². The Hall–Kier alpha value is -3.42. The predicted octanol–water partition coefficient (Wildman–Crippen LogP) is 3.99. The van der Waals surface area contributed by atoms with Crippen molar-refractivity contribution in [3.63, 3.8) is 0 Å². The van der Waals surface area contributed by atoms with Gasteiger partial charge in [-0.05, 0) is 60.9 Å². The topological polar surface area (TPSA) is 66.5 Å². The van der Waals surface area contributed by atoms with Crippen molar-refractivity contribution < 1.29 is 27.6 Å². The minimum atomic E-state index is -4.49. The van der Waals surface area contributed by atoms with Crippen LogP contribution in [-0.4, -0.2) is 17.8 Å². The largest absolute Gasteiger partial charge is 0.416 e. The fourth-order valence-corrected chi connectivity index (χ4v) is 2.91. The van der Waals surface area contributed by atoms with E-state index in [2.05, 4.69) is 5.32 Å². The first kappa shape index (κ1) is 19.3. The summed E-state index contributed by atoms with van der Waals surface area (Å²) in [5.74, 6) is -1.76. The third kappa shape index (κ3) is 3.80. The maximum Gasteiger partial charge on any atom is 0.416 e. The summed E-state index contributed by atoms with van der Waals surface area (Å²) in [7, 11) is 0. The molecule has 2 aromatic rings. The van der Waals surface area contributed by atoms with Gasteiger partial charge in [0.1, 0.15) is 5.57 Å². The van der Waals surface area contributed by atoms with Gasteiger partial charge >= 0.3 is 12.2 Å². The van der Waals surface area contributed by atoms with Crippen LogP contribution in [0.3, 0.4) is 0 Å². The van der Waals surface area contributed by atoms with Crippen LogP contribution in [0, 0.1) is 13.8 Å². The Labute approximate surface area is 158 Å². The number of anilines is 1. The number of urea groups is 1. The van der Waals surface area contributed by atoms with E-state index < -0.39 is 29.6 Å². The predicted molar refractivity (Wildman–Crippen MR) is 96.4 cm³/mol. The SMILES string of the molecule is Cc1cc(C)cc(N2C(=O)NC(=O)/C(=C\c3ccc(C(F)(F)F)cc3)C2=O)c1. The fraction of sp³-hybridized carbons (Fsp3) is 0.150. The van der Waals surface area contributed by atoms with Gasteiger partial charge in [0, 0.05) is 0 Å². The zero-order chi connectivity index (χ0) is 20.6. The van der Waals surface area contributed by atoms with Crippen LogP contribution in [-0.2, 0) is 15.8 Å². The van der Waals surface area contributed by atoms with Gasteiger partial charge < -0.3 is 0 Å². The van der Waals surface area contributed by atoms with Gasteiger partial charge in [0.25, 0.3) is 11.8 Å². The van der Waals surface area contributed by atoms with Crippen molar-refractivity contribution in [1.29, 1.82) is 0 Å². The molecule has 2 aromatic carbocycles. The second-order valence-corrected chi connectivity index (χ2v) is 6.42. The van der Waals surface area contributed by atoms with Gasteiger partial charge in [-0.3, -0.25) is 14.9 Å².